The van der Waals surface area contributed by atoms with Gasteiger partial charge in [-0.2, -0.15) is 0 Å². The lowest BCUT2D eigenvalue weighted by Crippen LogP contribution is -2.35. The number of aromatic nitrogens is 4. The van der Waals surface area contributed by atoms with Crippen molar-refractivity contribution in [3.8, 4) is 0 Å². The topological polar surface area (TPSA) is 130 Å². The van der Waals surface area contributed by atoms with E-state index in [1.165, 1.54) is 12.6 Å². The maximum atomic E-state index is 12.7. The highest BCUT2D eigenvalue weighted by Crippen LogP contribution is 2.35. The standard InChI is InChI=1S/C22H24N6O3S2/c1-33(30,31)8-2-7-23-22(29)13-3-5-16-15(9-13)19-20(24-11-25-21(19)28-16)27-14-4-6-17-18(10-14)32-12-26-17/h4,6,10-13H,2-3,5,7-9H2,1H3,(H,23,29)(H2,24,25,27,28)/t13-/m0/s1. The van der Waals surface area contributed by atoms with Gasteiger partial charge in [-0.05, 0) is 49.4 Å². The normalized spacial score (nSPS) is 16.1. The third kappa shape index (κ3) is 4.69. The van der Waals surface area contributed by atoms with Crippen LogP contribution in [0.4, 0.5) is 11.5 Å². The predicted molar refractivity (Wildman–Crippen MR) is 130 cm³/mol. The van der Waals surface area contributed by atoms with Gasteiger partial charge in [0, 0.05) is 30.1 Å². The lowest BCUT2D eigenvalue weighted by molar-refractivity contribution is -0.125. The van der Waals surface area contributed by atoms with E-state index in [0.29, 0.717) is 25.2 Å². The van der Waals surface area contributed by atoms with Gasteiger partial charge < -0.3 is 15.6 Å². The number of nitrogens with one attached hydrogen (secondary N) is 3. The van der Waals surface area contributed by atoms with Crippen LogP contribution in [0.15, 0.2) is 30.0 Å². The molecule has 0 saturated carbocycles. The Balaban J connectivity index is 1.36. The molecular formula is C22H24N6O3S2. The molecule has 1 amide bonds. The van der Waals surface area contributed by atoms with Crippen molar-refractivity contribution in [1.29, 1.82) is 0 Å². The van der Waals surface area contributed by atoms with Gasteiger partial charge in [0.1, 0.15) is 27.6 Å². The van der Waals surface area contributed by atoms with E-state index in [9.17, 15) is 13.2 Å². The van der Waals surface area contributed by atoms with Crippen molar-refractivity contribution in [2.24, 2.45) is 5.92 Å². The summed E-state index contributed by atoms with van der Waals surface area (Å²) in [6, 6.07) is 6.00. The number of carbonyl (C=O) groups is 1. The summed E-state index contributed by atoms with van der Waals surface area (Å²) in [7, 11) is -3.02. The van der Waals surface area contributed by atoms with E-state index in [-0.39, 0.29) is 17.6 Å². The number of hydrogen-bond acceptors (Lipinski definition) is 8. The van der Waals surface area contributed by atoms with Crippen molar-refractivity contribution < 1.29 is 13.2 Å². The molecule has 3 N–H and O–H groups in total. The van der Waals surface area contributed by atoms with Crippen molar-refractivity contribution in [3.05, 3.63) is 41.3 Å². The number of nitrogens with zero attached hydrogens (tertiary/aromatic N) is 3. The number of rotatable bonds is 7. The lowest BCUT2D eigenvalue weighted by atomic mass is 9.86. The second-order valence-corrected chi connectivity index (χ2v) is 11.5. The van der Waals surface area contributed by atoms with Crippen LogP contribution in [0.5, 0.6) is 0 Å². The second-order valence-electron chi connectivity index (χ2n) is 8.40. The molecule has 3 aromatic heterocycles. The summed E-state index contributed by atoms with van der Waals surface area (Å²) in [5, 5.41) is 7.22. The van der Waals surface area contributed by atoms with Crippen molar-refractivity contribution in [2.45, 2.75) is 25.7 Å². The molecule has 0 radical (unpaired) electrons. The van der Waals surface area contributed by atoms with Gasteiger partial charge in [0.25, 0.3) is 0 Å². The van der Waals surface area contributed by atoms with Crippen LogP contribution >= 0.6 is 11.3 Å². The Labute approximate surface area is 195 Å². The Morgan fingerprint density at radius 3 is 3.00 bits per heavy atom. The maximum Gasteiger partial charge on any atom is 0.223 e. The minimum atomic E-state index is -3.02. The molecule has 1 aliphatic rings. The van der Waals surface area contributed by atoms with Crippen molar-refractivity contribution in [2.75, 3.05) is 23.9 Å². The third-order valence-electron chi connectivity index (χ3n) is 5.93. The van der Waals surface area contributed by atoms with Crippen LogP contribution in [-0.2, 0) is 27.5 Å². The molecule has 4 aromatic rings. The molecular weight excluding hydrogens is 460 g/mol. The van der Waals surface area contributed by atoms with Gasteiger partial charge in [0.2, 0.25) is 5.91 Å². The summed E-state index contributed by atoms with van der Waals surface area (Å²) in [6.45, 7) is 0.360. The highest BCUT2D eigenvalue weighted by Gasteiger charge is 2.29. The van der Waals surface area contributed by atoms with Gasteiger partial charge in [-0.25, -0.2) is 23.4 Å². The molecule has 0 unspecified atom stereocenters. The van der Waals surface area contributed by atoms with Gasteiger partial charge in [-0.15, -0.1) is 11.3 Å². The molecule has 11 heteroatoms. The lowest BCUT2D eigenvalue weighted by Gasteiger charge is -2.22. The Morgan fingerprint density at radius 1 is 1.27 bits per heavy atom. The molecule has 9 nitrogen and oxygen atoms in total. The van der Waals surface area contributed by atoms with E-state index in [1.807, 2.05) is 23.7 Å². The first-order chi connectivity index (χ1) is 15.9. The van der Waals surface area contributed by atoms with Crippen LogP contribution in [0, 0.1) is 5.92 Å². The molecule has 33 heavy (non-hydrogen) atoms. The number of aryl methyl sites for hydroxylation is 1. The van der Waals surface area contributed by atoms with Crippen LogP contribution < -0.4 is 10.6 Å². The van der Waals surface area contributed by atoms with Gasteiger partial charge >= 0.3 is 0 Å². The number of thiazole rings is 1. The molecule has 0 fully saturated rings. The molecule has 0 bridgehead atoms. The molecule has 1 atom stereocenters. The Morgan fingerprint density at radius 2 is 2.15 bits per heavy atom. The number of aromatic amines is 1. The van der Waals surface area contributed by atoms with Gasteiger partial charge in [-0.3, -0.25) is 4.79 Å². The Hall–Kier alpha value is -3.05. The molecule has 0 spiro atoms. The highest BCUT2D eigenvalue weighted by atomic mass is 32.2. The smallest absolute Gasteiger partial charge is 0.223 e. The van der Waals surface area contributed by atoms with Gasteiger partial charge in [0.05, 0.1) is 26.9 Å². The zero-order valence-corrected chi connectivity index (χ0v) is 19.7. The van der Waals surface area contributed by atoms with Crippen LogP contribution in [-0.4, -0.2) is 52.8 Å². The molecule has 172 valence electrons. The largest absolute Gasteiger partial charge is 0.356 e. The number of hydrogen-bond donors (Lipinski definition) is 3. The first kappa shape index (κ1) is 21.8. The van der Waals surface area contributed by atoms with Crippen molar-refractivity contribution >= 4 is 59.8 Å². The summed E-state index contributed by atoms with van der Waals surface area (Å²) in [4.78, 5) is 29.4. The van der Waals surface area contributed by atoms with Gasteiger partial charge in [0.15, 0.2) is 0 Å². The molecule has 0 saturated heterocycles. The number of sulfone groups is 1. The average molecular weight is 485 g/mol. The zero-order valence-electron chi connectivity index (χ0n) is 18.1. The van der Waals surface area contributed by atoms with E-state index in [1.54, 1.807) is 11.3 Å². The predicted octanol–water partition coefficient (Wildman–Crippen LogP) is 2.97. The zero-order chi connectivity index (χ0) is 23.0. The quantitative estimate of drug-likeness (QED) is 0.344. The molecule has 3 heterocycles. The van der Waals surface area contributed by atoms with E-state index < -0.39 is 9.84 Å². The minimum absolute atomic E-state index is 0.0366. The number of H-pyrrole nitrogens is 1. The van der Waals surface area contributed by atoms with Crippen LogP contribution in [0.25, 0.3) is 21.3 Å². The monoisotopic (exact) mass is 484 g/mol. The maximum absolute atomic E-state index is 12.7. The molecule has 0 aliphatic heterocycles. The third-order valence-corrected chi connectivity index (χ3v) is 7.75. The van der Waals surface area contributed by atoms with E-state index in [2.05, 4.69) is 30.6 Å². The van der Waals surface area contributed by atoms with Crippen molar-refractivity contribution in [1.82, 2.24) is 25.3 Å². The number of amides is 1. The molecule has 5 rings (SSSR count). The second kappa shape index (κ2) is 8.71. The fourth-order valence-electron chi connectivity index (χ4n) is 4.32. The van der Waals surface area contributed by atoms with Crippen molar-refractivity contribution in [3.63, 3.8) is 0 Å². The summed E-state index contributed by atoms with van der Waals surface area (Å²) < 4.78 is 23.7. The van der Waals surface area contributed by atoms with Crippen LogP contribution in [0.2, 0.25) is 0 Å². The number of anilines is 2. The van der Waals surface area contributed by atoms with E-state index in [4.69, 9.17) is 0 Å². The summed E-state index contributed by atoms with van der Waals surface area (Å²) in [5.41, 5.74) is 6.61. The first-order valence-electron chi connectivity index (χ1n) is 10.8. The van der Waals surface area contributed by atoms with Crippen LogP contribution in [0.3, 0.4) is 0 Å². The SMILES string of the molecule is CS(=O)(=O)CCCNC(=O)[C@H]1CCc2[nH]c3ncnc(Nc4ccc5ncsc5c4)c3c2C1. The highest BCUT2D eigenvalue weighted by molar-refractivity contribution is 7.90. The molecule has 1 aliphatic carbocycles. The van der Waals surface area contributed by atoms with E-state index in [0.717, 1.165) is 51.0 Å². The minimum Gasteiger partial charge on any atom is -0.356 e. The van der Waals surface area contributed by atoms with Crippen LogP contribution in [0.1, 0.15) is 24.1 Å². The molecule has 1 aromatic carbocycles. The Bertz CT molecular complexity index is 1440. The summed E-state index contributed by atoms with van der Waals surface area (Å²) in [6.07, 6.45) is 5.22. The summed E-state index contributed by atoms with van der Waals surface area (Å²) in [5.74, 6) is 0.571. The Kier molecular flexibility index (Phi) is 5.75. The fraction of sp³-hybridized carbons (Fsp3) is 0.364. The number of benzene rings is 1. The van der Waals surface area contributed by atoms with Gasteiger partial charge in [-0.1, -0.05) is 0 Å². The number of fused-ring (bicyclic) bond motifs is 4. The number of carbonyl (C=O) groups excluding carboxylic acids is 1. The fourth-order valence-corrected chi connectivity index (χ4v) is 5.70. The first-order valence-corrected chi connectivity index (χ1v) is 13.7. The average Bonchev–Trinajstić information content (AvgIpc) is 3.39. The van der Waals surface area contributed by atoms with E-state index >= 15 is 0 Å². The summed E-state index contributed by atoms with van der Waals surface area (Å²) >= 11 is 1.59.